The predicted molar refractivity (Wildman–Crippen MR) is 185 cm³/mol. The zero-order chi connectivity index (χ0) is 38.8. The summed E-state index contributed by atoms with van der Waals surface area (Å²) in [5, 5.41) is 49.0. The van der Waals surface area contributed by atoms with Crippen molar-refractivity contribution in [2.75, 3.05) is 7.11 Å². The van der Waals surface area contributed by atoms with Crippen LogP contribution in [0.1, 0.15) is 108 Å². The van der Waals surface area contributed by atoms with Crippen molar-refractivity contribution in [3.8, 4) is 0 Å². The lowest BCUT2D eigenvalue weighted by Crippen LogP contribution is -2.60. The maximum Gasteiger partial charge on any atom is 0.311 e. The number of Topliss-reactive ketones (excluding diaryl/α,β-unsaturated/α-hetero) is 1. The molecule has 0 aromatic rings. The summed E-state index contributed by atoms with van der Waals surface area (Å²) >= 11 is 0. The second kappa shape index (κ2) is 17.2. The fourth-order valence-electron chi connectivity index (χ4n) is 8.37. The molecule has 5 N–H and O–H groups in total. The zero-order valence-electron chi connectivity index (χ0n) is 32.6. The van der Waals surface area contributed by atoms with Crippen molar-refractivity contribution in [3.63, 3.8) is 0 Å². The summed E-state index contributed by atoms with van der Waals surface area (Å²) in [7, 11) is 1.48. The van der Waals surface area contributed by atoms with Crippen LogP contribution in [0.15, 0.2) is 0 Å². The molecule has 296 valence electrons. The van der Waals surface area contributed by atoms with Gasteiger partial charge in [0.25, 0.3) is 0 Å². The molecule has 3 rings (SSSR count). The number of ether oxygens (including phenoxy) is 6. The van der Waals surface area contributed by atoms with E-state index in [9.17, 15) is 34.8 Å². The highest BCUT2D eigenvalue weighted by Gasteiger charge is 2.52. The monoisotopic (exact) mass is 731 g/mol. The standard InChI is InChI=1S/C37H65NO13/c1-13-26-37(11,45)31(41)20(4)29(40)18(2)16-35(9,44)33(51-27-15-25(38-24(8)39)14-19(3)47-27)21(5)30(22(6)34(43)49-26)50-28-17-36(10,46-12)32(42)23(7)48-28/h18-23,25-28,30-33,41-42,44-45H,13-17H2,1-12H3,(H,38,39)/t18-,19?,20+,21+,22-,23?,25?,26-,27?,28?,30+,31-,32?,33-,35+,36?,37-/m1/s1. The molecule has 1 amide bonds. The van der Waals surface area contributed by atoms with Gasteiger partial charge < -0.3 is 54.2 Å². The smallest absolute Gasteiger partial charge is 0.311 e. The summed E-state index contributed by atoms with van der Waals surface area (Å²) in [4.78, 5) is 39.8. The number of carbonyl (C=O) groups is 3. The van der Waals surface area contributed by atoms with Crippen molar-refractivity contribution in [2.24, 2.45) is 23.7 Å². The van der Waals surface area contributed by atoms with E-state index >= 15 is 0 Å². The average Bonchev–Trinajstić information content (AvgIpc) is 3.04. The lowest BCUT2D eigenvalue weighted by molar-refractivity contribution is -0.308. The maximum absolute atomic E-state index is 14.1. The number of aliphatic hydroxyl groups excluding tert-OH is 2. The Morgan fingerprint density at radius 2 is 1.53 bits per heavy atom. The van der Waals surface area contributed by atoms with E-state index in [4.69, 9.17) is 28.4 Å². The first-order valence-electron chi connectivity index (χ1n) is 18.5. The van der Waals surface area contributed by atoms with Crippen LogP contribution < -0.4 is 5.32 Å². The number of methoxy groups -OCH3 is 1. The van der Waals surface area contributed by atoms with Gasteiger partial charge in [-0.05, 0) is 60.8 Å². The first-order valence-corrected chi connectivity index (χ1v) is 18.5. The van der Waals surface area contributed by atoms with Crippen molar-refractivity contribution in [2.45, 2.75) is 186 Å². The van der Waals surface area contributed by atoms with Gasteiger partial charge in [-0.2, -0.15) is 0 Å². The van der Waals surface area contributed by atoms with Crippen molar-refractivity contribution in [1.82, 2.24) is 5.32 Å². The number of hydrogen-bond acceptors (Lipinski definition) is 13. The van der Waals surface area contributed by atoms with E-state index in [2.05, 4.69) is 5.32 Å². The van der Waals surface area contributed by atoms with E-state index in [1.165, 1.54) is 27.9 Å². The number of esters is 1. The molecule has 51 heavy (non-hydrogen) atoms. The van der Waals surface area contributed by atoms with Crippen molar-refractivity contribution in [3.05, 3.63) is 0 Å². The number of nitrogens with one attached hydrogen (secondary N) is 1. The van der Waals surface area contributed by atoms with Crippen LogP contribution in [0.5, 0.6) is 0 Å². The lowest BCUT2D eigenvalue weighted by Gasteiger charge is -2.48. The largest absolute Gasteiger partial charge is 0.459 e. The minimum absolute atomic E-state index is 0.103. The highest BCUT2D eigenvalue weighted by atomic mass is 16.7. The van der Waals surface area contributed by atoms with Crippen molar-refractivity contribution >= 4 is 17.7 Å². The first kappa shape index (κ1) is 43.7. The van der Waals surface area contributed by atoms with Crippen LogP contribution in [0.4, 0.5) is 0 Å². The molecule has 3 saturated heterocycles. The minimum atomic E-state index is -1.99. The molecule has 3 fully saturated rings. The number of amides is 1. The van der Waals surface area contributed by atoms with Crippen LogP contribution in [-0.4, -0.2) is 123 Å². The van der Waals surface area contributed by atoms with Crippen molar-refractivity contribution in [1.29, 1.82) is 0 Å². The molecule has 17 atom stereocenters. The van der Waals surface area contributed by atoms with Gasteiger partial charge in [-0.15, -0.1) is 0 Å². The number of ketones is 1. The molecular weight excluding hydrogens is 666 g/mol. The van der Waals surface area contributed by atoms with Gasteiger partial charge in [-0.3, -0.25) is 14.4 Å². The molecule has 0 radical (unpaired) electrons. The molecule has 0 spiro atoms. The van der Waals surface area contributed by atoms with E-state index in [-0.39, 0.29) is 43.7 Å². The fourth-order valence-corrected chi connectivity index (χ4v) is 8.37. The van der Waals surface area contributed by atoms with E-state index < -0.39 is 101 Å². The molecule has 0 aromatic heterocycles. The molecular formula is C37H65NO13. The molecule has 0 saturated carbocycles. The molecule has 0 aromatic carbocycles. The number of aliphatic hydroxyl groups is 4. The van der Waals surface area contributed by atoms with Crippen LogP contribution in [0, 0.1) is 23.7 Å². The fraction of sp³-hybridized carbons (Fsp3) is 0.919. The summed E-state index contributed by atoms with van der Waals surface area (Å²) in [6.45, 7) is 17.8. The van der Waals surface area contributed by atoms with E-state index in [0.717, 1.165) is 0 Å². The Morgan fingerprint density at radius 1 is 0.902 bits per heavy atom. The van der Waals surface area contributed by atoms with E-state index in [1.54, 1.807) is 48.5 Å². The summed E-state index contributed by atoms with van der Waals surface area (Å²) < 4.78 is 37.1. The SMILES string of the molecule is CC[C@H]1OC(=O)[C@H](C)[C@@H](OC2CC(C)(OC)C(O)C(C)O2)[C@H](C)[C@@H](OC2CC(NC(C)=O)CC(C)O2)[C@@](C)(O)C[C@@H](C)C(=O)[C@H](C)[C@@H](O)[C@]1(C)O. The van der Waals surface area contributed by atoms with Gasteiger partial charge in [0.2, 0.25) is 5.91 Å². The zero-order valence-corrected chi connectivity index (χ0v) is 32.6. The van der Waals surface area contributed by atoms with Gasteiger partial charge in [0.05, 0.1) is 47.6 Å². The van der Waals surface area contributed by atoms with Crippen LogP contribution in [0.2, 0.25) is 0 Å². The Bertz CT molecular complexity index is 1200. The number of hydrogen-bond donors (Lipinski definition) is 5. The Labute approximate surface area is 303 Å². The van der Waals surface area contributed by atoms with E-state index in [1.807, 2.05) is 6.92 Å². The topological polar surface area (TPSA) is 200 Å². The number of rotatable bonds is 7. The Balaban J connectivity index is 2.15. The van der Waals surface area contributed by atoms with Gasteiger partial charge in [0, 0.05) is 50.7 Å². The molecule has 7 unspecified atom stereocenters. The highest BCUT2D eigenvalue weighted by Crippen LogP contribution is 2.40. The second-order valence-electron chi connectivity index (χ2n) is 16.1. The van der Waals surface area contributed by atoms with Crippen LogP contribution in [0.3, 0.4) is 0 Å². The lowest BCUT2D eigenvalue weighted by atomic mass is 9.74. The molecule has 14 heteroatoms. The van der Waals surface area contributed by atoms with Gasteiger partial charge in [0.15, 0.2) is 12.6 Å². The summed E-state index contributed by atoms with van der Waals surface area (Å²) in [6, 6.07) is -0.257. The Hall–Kier alpha value is -1.75. The van der Waals surface area contributed by atoms with Crippen LogP contribution in [-0.2, 0) is 42.8 Å². The summed E-state index contributed by atoms with van der Waals surface area (Å²) in [5.74, 6) is -5.05. The highest BCUT2D eigenvalue weighted by molar-refractivity contribution is 5.83. The number of carbonyl (C=O) groups excluding carboxylic acids is 3. The summed E-state index contributed by atoms with van der Waals surface area (Å²) in [5.41, 5.74) is -4.77. The quantitative estimate of drug-likeness (QED) is 0.240. The average molecular weight is 732 g/mol. The van der Waals surface area contributed by atoms with Gasteiger partial charge in [-0.1, -0.05) is 27.7 Å². The molecule has 3 aliphatic rings. The maximum atomic E-state index is 14.1. The van der Waals surface area contributed by atoms with Gasteiger partial charge in [-0.25, -0.2) is 0 Å². The minimum Gasteiger partial charge on any atom is -0.459 e. The molecule has 0 bridgehead atoms. The molecule has 3 aliphatic heterocycles. The molecule has 0 aliphatic carbocycles. The molecule has 14 nitrogen and oxygen atoms in total. The van der Waals surface area contributed by atoms with Crippen molar-refractivity contribution < 1.29 is 63.2 Å². The van der Waals surface area contributed by atoms with Crippen LogP contribution in [0.25, 0.3) is 0 Å². The third kappa shape index (κ3) is 10.1. The number of cyclic esters (lactones) is 1. The third-order valence-corrected chi connectivity index (χ3v) is 11.4. The summed E-state index contributed by atoms with van der Waals surface area (Å²) in [6.07, 6.45) is -7.78. The Kier molecular flexibility index (Phi) is 14.7. The first-order chi connectivity index (χ1) is 23.5. The molecule has 3 heterocycles. The second-order valence-corrected chi connectivity index (χ2v) is 16.1. The Morgan fingerprint density at radius 3 is 2.10 bits per heavy atom. The third-order valence-electron chi connectivity index (χ3n) is 11.4. The van der Waals surface area contributed by atoms with Gasteiger partial charge >= 0.3 is 5.97 Å². The normalized spacial score (nSPS) is 48.0. The predicted octanol–water partition coefficient (Wildman–Crippen LogP) is 2.39. The van der Waals surface area contributed by atoms with Crippen LogP contribution >= 0.6 is 0 Å². The van der Waals surface area contributed by atoms with E-state index in [0.29, 0.717) is 6.42 Å². The van der Waals surface area contributed by atoms with Gasteiger partial charge in [0.1, 0.15) is 23.6 Å².